The first kappa shape index (κ1) is 14.9. The van der Waals surface area contributed by atoms with Crippen molar-refractivity contribution >= 4 is 16.0 Å². The van der Waals surface area contributed by atoms with Crippen LogP contribution in [0.15, 0.2) is 23.1 Å². The van der Waals surface area contributed by atoms with Crippen molar-refractivity contribution in [2.24, 2.45) is 11.1 Å². The van der Waals surface area contributed by atoms with Gasteiger partial charge in [-0.1, -0.05) is 12.8 Å². The van der Waals surface area contributed by atoms with Gasteiger partial charge in [-0.05, 0) is 37.0 Å². The van der Waals surface area contributed by atoms with Crippen LogP contribution in [0.3, 0.4) is 0 Å². The molecule has 0 aromatic heterocycles. The molecule has 2 rings (SSSR count). The number of ether oxygens (including phenoxy) is 1. The van der Waals surface area contributed by atoms with E-state index < -0.39 is 26.7 Å². The lowest BCUT2D eigenvalue weighted by atomic mass is 10.1. The molecule has 0 bridgehead atoms. The van der Waals surface area contributed by atoms with Gasteiger partial charge in [0.15, 0.2) is 0 Å². The number of primary sulfonamides is 1. The standard InChI is InChI=1S/C13H16FNO4S/c14-11-5-10(6-12(7-11)20(15,17)18)13(16)19-8-9-3-1-2-4-9/h5-7,9H,1-4,8H2,(H2,15,17,18). The summed E-state index contributed by atoms with van der Waals surface area (Å²) in [5.74, 6) is -1.24. The molecule has 1 saturated carbocycles. The SMILES string of the molecule is NS(=O)(=O)c1cc(F)cc(C(=O)OCC2CCCC2)c1. The van der Waals surface area contributed by atoms with Gasteiger partial charge < -0.3 is 4.74 Å². The lowest BCUT2D eigenvalue weighted by molar-refractivity contribution is 0.0441. The fourth-order valence-corrected chi connectivity index (χ4v) is 2.87. The van der Waals surface area contributed by atoms with Crippen LogP contribution in [0.4, 0.5) is 4.39 Å². The normalized spacial score (nSPS) is 16.3. The minimum absolute atomic E-state index is 0.146. The average molecular weight is 301 g/mol. The van der Waals surface area contributed by atoms with Gasteiger partial charge in [0, 0.05) is 0 Å². The molecule has 1 fully saturated rings. The van der Waals surface area contributed by atoms with E-state index in [0.29, 0.717) is 5.92 Å². The second-order valence-corrected chi connectivity index (χ2v) is 6.53. The van der Waals surface area contributed by atoms with Gasteiger partial charge in [-0.15, -0.1) is 0 Å². The van der Waals surface area contributed by atoms with E-state index in [2.05, 4.69) is 0 Å². The van der Waals surface area contributed by atoms with Crippen LogP contribution in [0.1, 0.15) is 36.0 Å². The van der Waals surface area contributed by atoms with Crippen LogP contribution in [0.5, 0.6) is 0 Å². The molecule has 0 spiro atoms. The molecule has 0 unspecified atom stereocenters. The van der Waals surface area contributed by atoms with Crippen LogP contribution < -0.4 is 5.14 Å². The number of esters is 1. The monoisotopic (exact) mass is 301 g/mol. The molecule has 2 N–H and O–H groups in total. The number of hydrogen-bond donors (Lipinski definition) is 1. The Balaban J connectivity index is 2.11. The molecule has 0 heterocycles. The number of hydrogen-bond acceptors (Lipinski definition) is 4. The maximum Gasteiger partial charge on any atom is 0.338 e. The highest BCUT2D eigenvalue weighted by molar-refractivity contribution is 7.89. The molecule has 0 atom stereocenters. The summed E-state index contributed by atoms with van der Waals surface area (Å²) in [6, 6.07) is 2.73. The number of carbonyl (C=O) groups is 1. The summed E-state index contributed by atoms with van der Waals surface area (Å²) in [6.07, 6.45) is 4.27. The van der Waals surface area contributed by atoms with E-state index in [1.165, 1.54) is 0 Å². The highest BCUT2D eigenvalue weighted by Crippen LogP contribution is 2.25. The van der Waals surface area contributed by atoms with E-state index in [1.54, 1.807) is 0 Å². The van der Waals surface area contributed by atoms with Crippen molar-refractivity contribution in [3.8, 4) is 0 Å². The van der Waals surface area contributed by atoms with Crippen molar-refractivity contribution in [1.82, 2.24) is 0 Å². The third-order valence-electron chi connectivity index (χ3n) is 3.36. The summed E-state index contributed by atoms with van der Waals surface area (Å²) in [6.45, 7) is 0.278. The van der Waals surface area contributed by atoms with Gasteiger partial charge >= 0.3 is 5.97 Å². The predicted octanol–water partition coefficient (Wildman–Crippen LogP) is 1.82. The molecule has 1 aromatic carbocycles. The first-order valence-corrected chi connectivity index (χ1v) is 7.91. The zero-order valence-corrected chi connectivity index (χ0v) is 11.7. The Bertz CT molecular complexity index is 609. The van der Waals surface area contributed by atoms with Crippen molar-refractivity contribution in [3.05, 3.63) is 29.6 Å². The highest BCUT2D eigenvalue weighted by atomic mass is 32.2. The maximum absolute atomic E-state index is 13.3. The summed E-state index contributed by atoms with van der Waals surface area (Å²) in [7, 11) is -4.06. The number of nitrogens with two attached hydrogens (primary N) is 1. The summed E-state index contributed by atoms with van der Waals surface area (Å²) >= 11 is 0. The highest BCUT2D eigenvalue weighted by Gasteiger charge is 2.19. The van der Waals surface area contributed by atoms with Crippen LogP contribution in [-0.4, -0.2) is 21.0 Å². The van der Waals surface area contributed by atoms with Crippen LogP contribution in [0, 0.1) is 11.7 Å². The number of rotatable bonds is 4. The van der Waals surface area contributed by atoms with Crippen molar-refractivity contribution in [2.75, 3.05) is 6.61 Å². The largest absolute Gasteiger partial charge is 0.462 e. The van der Waals surface area contributed by atoms with E-state index in [9.17, 15) is 17.6 Å². The second-order valence-electron chi connectivity index (χ2n) is 4.97. The first-order chi connectivity index (χ1) is 9.36. The molecule has 7 heteroatoms. The second kappa shape index (κ2) is 5.88. The topological polar surface area (TPSA) is 86.5 Å². The Morgan fingerprint density at radius 2 is 1.95 bits per heavy atom. The molecule has 5 nitrogen and oxygen atoms in total. The number of carbonyl (C=O) groups excluding carboxylic acids is 1. The van der Waals surface area contributed by atoms with Gasteiger partial charge in [0.05, 0.1) is 17.1 Å². The minimum atomic E-state index is -4.06. The van der Waals surface area contributed by atoms with Gasteiger partial charge in [0.2, 0.25) is 10.0 Å². The van der Waals surface area contributed by atoms with Crippen LogP contribution >= 0.6 is 0 Å². The van der Waals surface area contributed by atoms with Crippen molar-refractivity contribution in [2.45, 2.75) is 30.6 Å². The van der Waals surface area contributed by atoms with E-state index in [4.69, 9.17) is 9.88 Å². The van der Waals surface area contributed by atoms with Gasteiger partial charge in [-0.2, -0.15) is 0 Å². The lowest BCUT2D eigenvalue weighted by Gasteiger charge is -2.10. The molecule has 110 valence electrons. The molecule has 0 saturated heterocycles. The minimum Gasteiger partial charge on any atom is -0.462 e. The van der Waals surface area contributed by atoms with Crippen LogP contribution in [0.2, 0.25) is 0 Å². The van der Waals surface area contributed by atoms with Crippen LogP contribution in [-0.2, 0) is 14.8 Å². The van der Waals surface area contributed by atoms with Gasteiger partial charge in [0.25, 0.3) is 0 Å². The fraction of sp³-hybridized carbons (Fsp3) is 0.462. The van der Waals surface area contributed by atoms with Gasteiger partial charge in [0.1, 0.15) is 5.82 Å². The third kappa shape index (κ3) is 3.77. The van der Waals surface area contributed by atoms with Crippen molar-refractivity contribution in [3.63, 3.8) is 0 Å². The molecule has 1 aromatic rings. The molecule has 1 aliphatic rings. The summed E-state index contributed by atoms with van der Waals surface area (Å²) in [5.41, 5.74) is -0.146. The quantitative estimate of drug-likeness (QED) is 0.859. The molecular weight excluding hydrogens is 285 g/mol. The average Bonchev–Trinajstić information content (AvgIpc) is 2.87. The van der Waals surface area contributed by atoms with E-state index in [0.717, 1.165) is 43.9 Å². The zero-order valence-electron chi connectivity index (χ0n) is 10.8. The van der Waals surface area contributed by atoms with E-state index in [-0.39, 0.29) is 12.2 Å². The Hall–Kier alpha value is -1.47. The fourth-order valence-electron chi connectivity index (χ4n) is 2.30. The molecule has 0 amide bonds. The van der Waals surface area contributed by atoms with Gasteiger partial charge in [-0.3, -0.25) is 0 Å². The summed E-state index contributed by atoms with van der Waals surface area (Å²) < 4.78 is 40.8. The van der Waals surface area contributed by atoms with Gasteiger partial charge in [-0.25, -0.2) is 22.7 Å². The summed E-state index contributed by atoms with van der Waals surface area (Å²) in [5, 5.41) is 4.92. The Labute approximate surface area is 117 Å². The molecule has 0 radical (unpaired) electrons. The lowest BCUT2D eigenvalue weighted by Crippen LogP contribution is -2.15. The van der Waals surface area contributed by atoms with E-state index in [1.807, 2.05) is 0 Å². The predicted molar refractivity (Wildman–Crippen MR) is 70.0 cm³/mol. The first-order valence-electron chi connectivity index (χ1n) is 6.37. The third-order valence-corrected chi connectivity index (χ3v) is 4.25. The Kier molecular flexibility index (Phi) is 4.39. The Morgan fingerprint density at radius 3 is 2.55 bits per heavy atom. The molecule has 0 aliphatic heterocycles. The molecule has 20 heavy (non-hydrogen) atoms. The van der Waals surface area contributed by atoms with E-state index >= 15 is 0 Å². The number of halogens is 1. The summed E-state index contributed by atoms with van der Waals surface area (Å²) in [4.78, 5) is 11.4. The maximum atomic E-state index is 13.3. The zero-order chi connectivity index (χ0) is 14.8. The molecule has 1 aliphatic carbocycles. The molecular formula is C13H16FNO4S. The Morgan fingerprint density at radius 1 is 1.30 bits per heavy atom. The number of sulfonamides is 1. The smallest absolute Gasteiger partial charge is 0.338 e. The van der Waals surface area contributed by atoms with Crippen LogP contribution in [0.25, 0.3) is 0 Å². The van der Waals surface area contributed by atoms with Crippen molar-refractivity contribution < 1.29 is 22.3 Å². The van der Waals surface area contributed by atoms with Crippen molar-refractivity contribution in [1.29, 1.82) is 0 Å². The number of benzene rings is 1.